The smallest absolute Gasteiger partial charge is 0.0859 e. The van der Waals surface area contributed by atoms with Gasteiger partial charge in [0.2, 0.25) is 0 Å². The zero-order valence-electron chi connectivity index (χ0n) is 9.29. The van der Waals surface area contributed by atoms with Crippen molar-refractivity contribution in [3.63, 3.8) is 0 Å². The maximum absolute atomic E-state index is 10.2. The van der Waals surface area contributed by atoms with Gasteiger partial charge in [-0.05, 0) is 25.1 Å². The van der Waals surface area contributed by atoms with E-state index in [9.17, 15) is 5.11 Å². The normalized spacial score (nSPS) is 14.8. The number of halogens is 2. The van der Waals surface area contributed by atoms with Crippen LogP contribution < -0.4 is 5.73 Å². The van der Waals surface area contributed by atoms with Crippen LogP contribution in [0.1, 0.15) is 31.4 Å². The maximum atomic E-state index is 10.2. The summed E-state index contributed by atoms with van der Waals surface area (Å²) in [7, 11) is 0. The predicted octanol–water partition coefficient (Wildman–Crippen LogP) is 3.40. The number of aliphatic hydroxyl groups excluding tert-OH is 1. The van der Waals surface area contributed by atoms with Crippen molar-refractivity contribution in [1.82, 2.24) is 0 Å². The van der Waals surface area contributed by atoms with E-state index in [4.69, 9.17) is 28.9 Å². The SMILES string of the molecule is CCCC(CN)C(O)c1c(Cl)cccc1Cl. The molecule has 0 aromatic heterocycles. The Bertz CT molecular complexity index is 324. The van der Waals surface area contributed by atoms with Crippen LogP contribution in [0.25, 0.3) is 0 Å². The van der Waals surface area contributed by atoms with Crippen molar-refractivity contribution in [2.75, 3.05) is 6.54 Å². The van der Waals surface area contributed by atoms with E-state index in [0.29, 0.717) is 22.2 Å². The van der Waals surface area contributed by atoms with E-state index in [-0.39, 0.29) is 5.92 Å². The van der Waals surface area contributed by atoms with Gasteiger partial charge in [0, 0.05) is 21.5 Å². The molecule has 3 N–H and O–H groups in total. The highest BCUT2D eigenvalue weighted by Crippen LogP contribution is 2.35. The van der Waals surface area contributed by atoms with Gasteiger partial charge in [-0.2, -0.15) is 0 Å². The molecule has 4 heteroatoms. The Labute approximate surface area is 106 Å². The van der Waals surface area contributed by atoms with Crippen LogP contribution >= 0.6 is 23.2 Å². The average molecular weight is 262 g/mol. The summed E-state index contributed by atoms with van der Waals surface area (Å²) in [6, 6.07) is 5.22. The molecule has 0 aliphatic rings. The Morgan fingerprint density at radius 3 is 2.31 bits per heavy atom. The molecule has 0 radical (unpaired) electrons. The second-order valence-corrected chi connectivity index (χ2v) is 4.68. The lowest BCUT2D eigenvalue weighted by Crippen LogP contribution is -2.22. The summed E-state index contributed by atoms with van der Waals surface area (Å²) in [6.07, 6.45) is 1.14. The number of hydrogen-bond donors (Lipinski definition) is 2. The number of rotatable bonds is 5. The van der Waals surface area contributed by atoms with Crippen LogP contribution in [0.4, 0.5) is 0 Å². The van der Waals surface area contributed by atoms with Crippen LogP contribution in [0.15, 0.2) is 18.2 Å². The highest BCUT2D eigenvalue weighted by molar-refractivity contribution is 6.36. The van der Waals surface area contributed by atoms with Crippen LogP contribution in [0, 0.1) is 5.92 Å². The molecule has 0 fully saturated rings. The van der Waals surface area contributed by atoms with Gasteiger partial charge in [-0.1, -0.05) is 42.6 Å². The first kappa shape index (κ1) is 13.8. The summed E-state index contributed by atoms with van der Waals surface area (Å²) in [5.74, 6) is 0.00222. The summed E-state index contributed by atoms with van der Waals surface area (Å²) < 4.78 is 0. The van der Waals surface area contributed by atoms with E-state index < -0.39 is 6.10 Å². The van der Waals surface area contributed by atoms with Crippen molar-refractivity contribution in [2.45, 2.75) is 25.9 Å². The molecule has 0 amide bonds. The molecular formula is C12H17Cl2NO. The molecule has 0 aliphatic carbocycles. The summed E-state index contributed by atoms with van der Waals surface area (Å²) >= 11 is 12.1. The van der Waals surface area contributed by atoms with Gasteiger partial charge in [-0.15, -0.1) is 0 Å². The van der Waals surface area contributed by atoms with E-state index >= 15 is 0 Å². The van der Waals surface area contributed by atoms with Gasteiger partial charge in [0.1, 0.15) is 0 Å². The minimum absolute atomic E-state index is 0.00222. The highest BCUT2D eigenvalue weighted by Gasteiger charge is 2.23. The molecule has 0 heterocycles. The standard InChI is InChI=1S/C12H17Cl2NO/c1-2-4-8(7-15)12(16)11-9(13)5-3-6-10(11)14/h3,5-6,8,12,16H,2,4,7,15H2,1H3. The van der Waals surface area contributed by atoms with E-state index in [2.05, 4.69) is 6.92 Å². The molecule has 16 heavy (non-hydrogen) atoms. The fourth-order valence-corrected chi connectivity index (χ4v) is 2.43. The highest BCUT2D eigenvalue weighted by atomic mass is 35.5. The van der Waals surface area contributed by atoms with Gasteiger partial charge in [0.25, 0.3) is 0 Å². The summed E-state index contributed by atoms with van der Waals surface area (Å²) in [5, 5.41) is 11.2. The van der Waals surface area contributed by atoms with Crippen molar-refractivity contribution in [3.8, 4) is 0 Å². The third kappa shape index (κ3) is 3.11. The molecule has 0 aliphatic heterocycles. The lowest BCUT2D eigenvalue weighted by molar-refractivity contribution is 0.107. The van der Waals surface area contributed by atoms with Gasteiger partial charge in [-0.3, -0.25) is 0 Å². The Hall–Kier alpha value is -0.280. The minimum Gasteiger partial charge on any atom is -0.388 e. The molecule has 0 saturated carbocycles. The fraction of sp³-hybridized carbons (Fsp3) is 0.500. The molecule has 2 nitrogen and oxygen atoms in total. The molecular weight excluding hydrogens is 245 g/mol. The molecule has 2 atom stereocenters. The first-order valence-electron chi connectivity index (χ1n) is 5.43. The monoisotopic (exact) mass is 261 g/mol. The van der Waals surface area contributed by atoms with Crippen LogP contribution in [0.3, 0.4) is 0 Å². The van der Waals surface area contributed by atoms with Gasteiger partial charge in [0.05, 0.1) is 6.10 Å². The molecule has 1 rings (SSSR count). The lowest BCUT2D eigenvalue weighted by atomic mass is 9.92. The summed E-state index contributed by atoms with van der Waals surface area (Å²) in [4.78, 5) is 0. The Balaban J connectivity index is 2.98. The van der Waals surface area contributed by atoms with Gasteiger partial charge in [0.15, 0.2) is 0 Å². The van der Waals surface area contributed by atoms with Gasteiger partial charge in [-0.25, -0.2) is 0 Å². The topological polar surface area (TPSA) is 46.2 Å². The zero-order chi connectivity index (χ0) is 12.1. The summed E-state index contributed by atoms with van der Waals surface area (Å²) in [5.41, 5.74) is 6.24. The molecule has 1 aromatic rings. The number of benzene rings is 1. The maximum Gasteiger partial charge on any atom is 0.0859 e. The fourth-order valence-electron chi connectivity index (χ4n) is 1.80. The molecule has 0 bridgehead atoms. The minimum atomic E-state index is -0.689. The largest absolute Gasteiger partial charge is 0.388 e. The first-order valence-corrected chi connectivity index (χ1v) is 6.19. The molecule has 0 saturated heterocycles. The predicted molar refractivity (Wildman–Crippen MR) is 68.9 cm³/mol. The van der Waals surface area contributed by atoms with Crippen LogP contribution in [0.5, 0.6) is 0 Å². The third-order valence-corrected chi connectivity index (χ3v) is 3.36. The van der Waals surface area contributed by atoms with Crippen molar-refractivity contribution in [2.24, 2.45) is 11.7 Å². The second kappa shape index (κ2) is 6.45. The Kier molecular flexibility index (Phi) is 5.56. The van der Waals surface area contributed by atoms with Crippen molar-refractivity contribution in [3.05, 3.63) is 33.8 Å². The Morgan fingerprint density at radius 2 is 1.88 bits per heavy atom. The van der Waals surface area contributed by atoms with Crippen molar-refractivity contribution in [1.29, 1.82) is 0 Å². The van der Waals surface area contributed by atoms with Gasteiger partial charge >= 0.3 is 0 Å². The second-order valence-electron chi connectivity index (χ2n) is 3.86. The van der Waals surface area contributed by atoms with Crippen LogP contribution in [0.2, 0.25) is 10.0 Å². The van der Waals surface area contributed by atoms with E-state index in [1.54, 1.807) is 18.2 Å². The number of aliphatic hydroxyl groups is 1. The van der Waals surface area contributed by atoms with Crippen molar-refractivity contribution >= 4 is 23.2 Å². The zero-order valence-corrected chi connectivity index (χ0v) is 10.8. The molecule has 1 aromatic carbocycles. The first-order chi connectivity index (χ1) is 7.61. The molecule has 90 valence electrons. The van der Waals surface area contributed by atoms with E-state index in [1.165, 1.54) is 0 Å². The molecule has 0 spiro atoms. The molecule has 2 unspecified atom stereocenters. The van der Waals surface area contributed by atoms with Gasteiger partial charge < -0.3 is 10.8 Å². The van der Waals surface area contributed by atoms with Crippen LogP contribution in [-0.2, 0) is 0 Å². The van der Waals surface area contributed by atoms with Crippen molar-refractivity contribution < 1.29 is 5.11 Å². The van der Waals surface area contributed by atoms with E-state index in [0.717, 1.165) is 12.8 Å². The van der Waals surface area contributed by atoms with Crippen LogP contribution in [-0.4, -0.2) is 11.7 Å². The summed E-state index contributed by atoms with van der Waals surface area (Å²) in [6.45, 7) is 2.49. The number of hydrogen-bond acceptors (Lipinski definition) is 2. The third-order valence-electron chi connectivity index (χ3n) is 2.70. The lowest BCUT2D eigenvalue weighted by Gasteiger charge is -2.23. The Morgan fingerprint density at radius 1 is 1.31 bits per heavy atom. The van der Waals surface area contributed by atoms with E-state index in [1.807, 2.05) is 0 Å². The number of nitrogens with two attached hydrogens (primary N) is 1. The quantitative estimate of drug-likeness (QED) is 0.854. The average Bonchev–Trinajstić information content (AvgIpc) is 2.25.